The number of hydrogen-bond acceptors (Lipinski definition) is 3. The summed E-state index contributed by atoms with van der Waals surface area (Å²) in [7, 11) is 0. The second-order valence-corrected chi connectivity index (χ2v) is 1.04. The van der Waals surface area contributed by atoms with Crippen LogP contribution in [-0.4, -0.2) is 16.4 Å². The number of primary amides is 1. The maximum atomic E-state index is 8.58. The Morgan fingerprint density at radius 1 is 1.33 bits per heavy atom. The largest absolute Gasteiger partial charge is 0.372 e. The number of carbonyl (C=O) groups is 1. The zero-order chi connectivity index (χ0) is 6.95. The van der Waals surface area contributed by atoms with Crippen molar-refractivity contribution in [3.8, 4) is 0 Å². The van der Waals surface area contributed by atoms with Gasteiger partial charge in [0.2, 0.25) is 6.41 Å². The molecule has 0 aliphatic heterocycles. The van der Waals surface area contributed by atoms with Crippen molar-refractivity contribution in [2.24, 2.45) is 5.73 Å². The van der Waals surface area contributed by atoms with Gasteiger partial charge in [-0.3, -0.25) is 4.79 Å². The molecule has 0 bridgehead atoms. The number of carbonyl (C=O) groups excluding carboxylic acids is 1. The molecular weight excluding hydrogens is 118 g/mol. The van der Waals surface area contributed by atoms with Gasteiger partial charge in [-0.2, -0.15) is 0 Å². The molecular formula is C5H7N3O. The van der Waals surface area contributed by atoms with Crippen molar-refractivity contribution < 1.29 is 4.79 Å². The summed E-state index contributed by atoms with van der Waals surface area (Å²) < 4.78 is 0. The Labute approximate surface area is 52.7 Å². The van der Waals surface area contributed by atoms with Crippen LogP contribution in [0.2, 0.25) is 0 Å². The Hall–Kier alpha value is -1.45. The highest BCUT2D eigenvalue weighted by atomic mass is 16.1. The highest BCUT2D eigenvalue weighted by molar-refractivity contribution is 5.42. The van der Waals surface area contributed by atoms with E-state index in [-0.39, 0.29) is 6.41 Å². The molecule has 0 spiro atoms. The van der Waals surface area contributed by atoms with Crippen LogP contribution in [0.1, 0.15) is 0 Å². The smallest absolute Gasteiger partial charge is 0.204 e. The van der Waals surface area contributed by atoms with Gasteiger partial charge in [0.15, 0.2) is 0 Å². The van der Waals surface area contributed by atoms with Crippen molar-refractivity contribution in [1.29, 1.82) is 0 Å². The summed E-state index contributed by atoms with van der Waals surface area (Å²) in [6.07, 6.45) is 5.12. The normalized spacial score (nSPS) is 6.67. The van der Waals surface area contributed by atoms with E-state index in [1.54, 1.807) is 18.5 Å². The van der Waals surface area contributed by atoms with E-state index in [0.29, 0.717) is 0 Å². The van der Waals surface area contributed by atoms with Gasteiger partial charge in [0, 0.05) is 12.4 Å². The van der Waals surface area contributed by atoms with E-state index >= 15 is 0 Å². The molecule has 0 saturated carbocycles. The van der Waals surface area contributed by atoms with Crippen molar-refractivity contribution >= 4 is 6.41 Å². The first-order valence-corrected chi connectivity index (χ1v) is 2.27. The number of rotatable bonds is 0. The standard InChI is InChI=1S/C4H4N2.CH3NO/c1-2-5-4-6-3-1;2-1-3/h1-4H;1H,(H2,2,3). The molecule has 1 heterocycles. The molecule has 1 rings (SSSR count). The summed E-state index contributed by atoms with van der Waals surface area (Å²) in [4.78, 5) is 15.9. The lowest BCUT2D eigenvalue weighted by Gasteiger charge is -1.70. The van der Waals surface area contributed by atoms with Gasteiger partial charge >= 0.3 is 0 Å². The first kappa shape index (κ1) is 7.55. The zero-order valence-electron chi connectivity index (χ0n) is 4.77. The highest BCUT2D eigenvalue weighted by Crippen LogP contribution is 1.66. The van der Waals surface area contributed by atoms with Crippen molar-refractivity contribution in [2.75, 3.05) is 0 Å². The Bertz CT molecular complexity index is 115. The lowest BCUT2D eigenvalue weighted by atomic mass is 10.7. The Morgan fingerprint density at radius 3 is 1.89 bits per heavy atom. The molecule has 4 heteroatoms. The zero-order valence-corrected chi connectivity index (χ0v) is 4.77. The predicted molar refractivity (Wildman–Crippen MR) is 32.3 cm³/mol. The lowest BCUT2D eigenvalue weighted by molar-refractivity contribution is -0.106. The fourth-order valence-corrected chi connectivity index (χ4v) is 0.253. The molecule has 48 valence electrons. The average Bonchev–Trinajstić information content (AvgIpc) is 1.93. The second kappa shape index (κ2) is 6.55. The second-order valence-electron chi connectivity index (χ2n) is 1.04. The Kier molecular flexibility index (Phi) is 5.49. The van der Waals surface area contributed by atoms with Crippen LogP contribution < -0.4 is 5.73 Å². The molecule has 2 N–H and O–H groups in total. The maximum absolute atomic E-state index is 8.58. The van der Waals surface area contributed by atoms with Crippen LogP contribution in [0.5, 0.6) is 0 Å². The van der Waals surface area contributed by atoms with E-state index in [1.165, 1.54) is 6.33 Å². The van der Waals surface area contributed by atoms with E-state index in [0.717, 1.165) is 0 Å². The fraction of sp³-hybridized carbons (Fsp3) is 0. The number of amides is 1. The summed E-state index contributed by atoms with van der Waals surface area (Å²) in [5.41, 5.74) is 4.17. The molecule has 4 nitrogen and oxygen atoms in total. The van der Waals surface area contributed by atoms with Crippen LogP contribution in [0.25, 0.3) is 0 Å². The predicted octanol–water partition coefficient (Wildman–Crippen LogP) is -0.422. The van der Waals surface area contributed by atoms with Gasteiger partial charge in [0.1, 0.15) is 6.33 Å². The molecule has 0 radical (unpaired) electrons. The fourth-order valence-electron chi connectivity index (χ4n) is 0.253. The lowest BCUT2D eigenvalue weighted by Crippen LogP contribution is -1.82. The number of aromatic nitrogens is 2. The summed E-state index contributed by atoms with van der Waals surface area (Å²) in [5, 5.41) is 0. The van der Waals surface area contributed by atoms with Crippen LogP contribution >= 0.6 is 0 Å². The Balaban J connectivity index is 0.000000187. The summed E-state index contributed by atoms with van der Waals surface area (Å²) in [5.74, 6) is 0. The van der Waals surface area contributed by atoms with Gasteiger partial charge < -0.3 is 5.73 Å². The van der Waals surface area contributed by atoms with Gasteiger partial charge in [0.25, 0.3) is 0 Å². The van der Waals surface area contributed by atoms with E-state index in [4.69, 9.17) is 4.79 Å². The molecule has 1 aromatic rings. The maximum Gasteiger partial charge on any atom is 0.204 e. The monoisotopic (exact) mass is 125 g/mol. The SMILES string of the molecule is NC=O.c1cncnc1. The van der Waals surface area contributed by atoms with Crippen LogP contribution in [0.15, 0.2) is 24.8 Å². The van der Waals surface area contributed by atoms with Crippen LogP contribution in [-0.2, 0) is 4.79 Å². The van der Waals surface area contributed by atoms with Gasteiger partial charge in [-0.15, -0.1) is 0 Å². The van der Waals surface area contributed by atoms with Crippen LogP contribution in [0, 0.1) is 0 Å². The molecule has 0 aliphatic carbocycles. The minimum atomic E-state index is 0.250. The Morgan fingerprint density at radius 2 is 1.78 bits per heavy atom. The van der Waals surface area contributed by atoms with Gasteiger partial charge in [-0.05, 0) is 6.07 Å². The van der Waals surface area contributed by atoms with Gasteiger partial charge in [0.05, 0.1) is 0 Å². The van der Waals surface area contributed by atoms with Crippen molar-refractivity contribution in [2.45, 2.75) is 0 Å². The molecule has 0 aromatic carbocycles. The third kappa shape index (κ3) is 6.55. The molecule has 0 saturated heterocycles. The van der Waals surface area contributed by atoms with Gasteiger partial charge in [-0.25, -0.2) is 9.97 Å². The van der Waals surface area contributed by atoms with Crippen molar-refractivity contribution in [3.63, 3.8) is 0 Å². The van der Waals surface area contributed by atoms with E-state index in [1.807, 2.05) is 0 Å². The van der Waals surface area contributed by atoms with Crippen LogP contribution in [0.4, 0.5) is 0 Å². The first-order valence-electron chi connectivity index (χ1n) is 2.27. The summed E-state index contributed by atoms with van der Waals surface area (Å²) >= 11 is 0. The van der Waals surface area contributed by atoms with Gasteiger partial charge in [-0.1, -0.05) is 0 Å². The first-order chi connectivity index (χ1) is 4.41. The van der Waals surface area contributed by atoms with E-state index in [9.17, 15) is 0 Å². The summed E-state index contributed by atoms with van der Waals surface area (Å²) in [6, 6.07) is 1.78. The molecule has 0 atom stereocenters. The minimum absolute atomic E-state index is 0.250. The quantitative estimate of drug-likeness (QED) is 0.479. The van der Waals surface area contributed by atoms with E-state index in [2.05, 4.69) is 15.7 Å². The van der Waals surface area contributed by atoms with Crippen molar-refractivity contribution in [3.05, 3.63) is 24.8 Å². The topological polar surface area (TPSA) is 68.9 Å². The molecule has 0 fully saturated rings. The molecule has 0 unspecified atom stereocenters. The number of nitrogens with zero attached hydrogens (tertiary/aromatic N) is 2. The summed E-state index contributed by atoms with van der Waals surface area (Å²) in [6.45, 7) is 0. The minimum Gasteiger partial charge on any atom is -0.372 e. The molecule has 9 heavy (non-hydrogen) atoms. The number of hydrogen-bond donors (Lipinski definition) is 1. The average molecular weight is 125 g/mol. The number of nitrogens with two attached hydrogens (primary N) is 1. The highest BCUT2D eigenvalue weighted by Gasteiger charge is 1.59. The van der Waals surface area contributed by atoms with Crippen molar-refractivity contribution in [1.82, 2.24) is 9.97 Å². The molecule has 1 aromatic heterocycles. The third-order valence-electron chi connectivity index (χ3n) is 0.478. The molecule has 0 aliphatic rings. The third-order valence-corrected chi connectivity index (χ3v) is 0.478. The van der Waals surface area contributed by atoms with Crippen LogP contribution in [0.3, 0.4) is 0 Å². The van der Waals surface area contributed by atoms with E-state index < -0.39 is 0 Å². The molecule has 1 amide bonds.